The number of β-lactam (4-membered cyclic amide) rings is 1. The number of phenolic OH excluding ortho intramolecular Hbond substituents is 2. The van der Waals surface area contributed by atoms with Crippen LogP contribution in [0.25, 0.3) is 16.9 Å². The lowest BCUT2D eigenvalue weighted by molar-refractivity contribution is -0.162. The number of carbonyl (C=O) groups is 4. The Labute approximate surface area is 635 Å². The lowest BCUT2D eigenvalue weighted by Gasteiger charge is -2.55. The second-order valence-corrected chi connectivity index (χ2v) is 26.7. The second kappa shape index (κ2) is 35.1. The number of fused-ring (bicyclic) bond motifs is 1. The number of carbonyl (C=O) groups excluding carboxylic acids is 4. The fourth-order valence-electron chi connectivity index (χ4n) is 12.4. The molecule has 0 saturated carbocycles. The third-order valence-corrected chi connectivity index (χ3v) is 20.3. The van der Waals surface area contributed by atoms with Crippen molar-refractivity contribution in [2.75, 3.05) is 65.3 Å². The normalized spacial score (nSPS) is 15.2. The fourth-order valence-corrected chi connectivity index (χ4v) is 15.0. The summed E-state index contributed by atoms with van der Waals surface area (Å²) >= 11 is 8.12. The van der Waals surface area contributed by atoms with Gasteiger partial charge >= 0.3 is 11.9 Å². The maximum Gasteiger partial charge on any atom is 0.356 e. The number of benzene rings is 9. The summed E-state index contributed by atoms with van der Waals surface area (Å²) in [4.78, 5) is 80.6. The Morgan fingerprint density at radius 2 is 1.17 bits per heavy atom. The quantitative estimate of drug-likeness (QED) is 0.00336. The number of hydrogen-bond acceptors (Lipinski definition) is 23. The van der Waals surface area contributed by atoms with E-state index in [-0.39, 0.29) is 90.6 Å². The third-order valence-electron chi connectivity index (χ3n) is 17.8. The zero-order chi connectivity index (χ0) is 74.8. The first-order valence-electron chi connectivity index (χ1n) is 34.2. The Bertz CT molecular complexity index is 4790. The number of aromatic hydroxyl groups is 2. The summed E-state index contributed by atoms with van der Waals surface area (Å²) in [6, 6.07) is 74.5. The van der Waals surface area contributed by atoms with Crippen molar-refractivity contribution in [3.63, 3.8) is 0 Å². The van der Waals surface area contributed by atoms with E-state index in [0.29, 0.717) is 39.6 Å². The van der Waals surface area contributed by atoms with Crippen molar-refractivity contribution in [1.29, 1.82) is 0 Å². The van der Waals surface area contributed by atoms with Gasteiger partial charge in [0.15, 0.2) is 70.9 Å². The number of thiazole rings is 1. The van der Waals surface area contributed by atoms with Crippen LogP contribution in [0.4, 0.5) is 5.13 Å². The topological polar surface area (TPSA) is 270 Å². The van der Waals surface area contributed by atoms with E-state index < -0.39 is 70.0 Å². The molecule has 2 aromatic heterocycles. The van der Waals surface area contributed by atoms with Crippen molar-refractivity contribution < 1.29 is 76.5 Å². The predicted molar refractivity (Wildman–Crippen MR) is 410 cm³/mol. The minimum atomic E-state index is -2.10. The van der Waals surface area contributed by atoms with Gasteiger partial charge in [-0.2, -0.15) is 0 Å². The van der Waals surface area contributed by atoms with E-state index in [1.807, 2.05) is 212 Å². The number of methoxy groups -OCH3 is 2. The van der Waals surface area contributed by atoms with Gasteiger partial charge in [-0.25, -0.2) is 19.6 Å². The smallest absolute Gasteiger partial charge is 0.356 e. The minimum Gasteiger partial charge on any atom is -0.504 e. The van der Waals surface area contributed by atoms with Gasteiger partial charge in [0.2, 0.25) is 12.0 Å². The number of nitrogens with zero attached hydrogens (tertiary/aromatic N) is 4. The predicted octanol–water partition coefficient (Wildman–Crippen LogP) is 13.9. The molecule has 108 heavy (non-hydrogen) atoms. The zero-order valence-corrected chi connectivity index (χ0v) is 60.7. The zero-order valence-electron chi connectivity index (χ0n) is 58.3. The molecule has 2 aliphatic rings. The molecule has 3 atom stereocenters. The van der Waals surface area contributed by atoms with Gasteiger partial charge in [-0.1, -0.05) is 236 Å². The fraction of sp³-hybridized carbons (Fsp3) is 0.181. The number of amides is 2. The summed E-state index contributed by atoms with van der Waals surface area (Å²) in [6.07, 6.45) is -2.46. The highest BCUT2D eigenvalue weighted by atomic mass is 32.2. The molecule has 1 fully saturated rings. The van der Waals surface area contributed by atoms with E-state index in [4.69, 9.17) is 64.4 Å². The van der Waals surface area contributed by atoms with Crippen molar-refractivity contribution in [3.05, 3.63) is 322 Å². The molecule has 11 aromatic rings. The molecule has 4 heterocycles. The molecule has 0 spiro atoms. The van der Waals surface area contributed by atoms with E-state index in [1.54, 1.807) is 12.5 Å². The molecular weight excluding hydrogens is 1430 g/mol. The molecule has 22 nitrogen and oxygen atoms in total. The van der Waals surface area contributed by atoms with E-state index >= 15 is 19.2 Å². The second-order valence-electron chi connectivity index (χ2n) is 24.6. The van der Waals surface area contributed by atoms with Gasteiger partial charge in [0.05, 0.1) is 38.2 Å². The SMILES string of the molecule is COCCOCOc1ccc(C(ON=C(C(=O)N[C@]2(C=S)C(=O)N3C(C(=O)OC(c4ccccc4)c4ccccc4)=C(c4ncc(-c5ccc(O)c(O)c5)o4)CS[C@H]32)c2csc(NC(c3ccccc3)(c3ccccc3)c3ccccc3)n2)C(=O)OC(c2ccccc2)c2ccccc2)cc1OCOCCOC. The number of nitrogens with one attached hydrogen (secondary N) is 2. The van der Waals surface area contributed by atoms with Gasteiger partial charge in [0.1, 0.15) is 22.3 Å². The van der Waals surface area contributed by atoms with E-state index in [2.05, 4.69) is 20.8 Å². The molecule has 548 valence electrons. The van der Waals surface area contributed by atoms with E-state index in [9.17, 15) is 10.2 Å². The Morgan fingerprint density at radius 3 is 1.69 bits per heavy atom. The number of oxazole rings is 1. The van der Waals surface area contributed by atoms with Crippen molar-refractivity contribution in [3.8, 4) is 34.3 Å². The standard InChI is InChI=1S/C83H72N6O16S3/c1-96-42-44-98-52-100-67-41-39-59(47-68(67)101-53-99-45-43-97-2)74(78(94)104-73(56-28-14-5-15-29-56)57-30-16-6-17-31-57)105-88-70(64-50-108-81(85-64)87-83(60-32-18-7-19-33-60,61-34-20-8-21-35-61)62-36-22-9-23-37-62)75(92)86-82(51-106)79(95)89-71(77(93)103-72(54-24-10-3-11-25-54)55-26-12-4-13-27-55)63(49-107-80(82)89)76-84-48-69(102-76)58-38-40-65(90)66(91)46-58/h3-41,46-48,50-51,72-74,80,90-91H,42-45,49,52-53H2,1-2H3,(H,85,87)(H,86,92)/t74?,80-,82+/m0/s1. The molecule has 0 bridgehead atoms. The Morgan fingerprint density at radius 1 is 0.648 bits per heavy atom. The molecule has 2 amide bonds. The lowest BCUT2D eigenvalue weighted by atomic mass is 9.77. The van der Waals surface area contributed by atoms with Crippen molar-refractivity contribution in [2.24, 2.45) is 5.16 Å². The van der Waals surface area contributed by atoms with Crippen molar-refractivity contribution >= 4 is 80.9 Å². The highest BCUT2D eigenvalue weighted by Crippen LogP contribution is 2.50. The van der Waals surface area contributed by atoms with Gasteiger partial charge in [-0.15, -0.1) is 23.1 Å². The number of oxime groups is 1. The van der Waals surface area contributed by atoms with Crippen LogP contribution >= 0.6 is 35.3 Å². The molecule has 25 heteroatoms. The van der Waals surface area contributed by atoms with Crippen LogP contribution in [0.5, 0.6) is 23.0 Å². The molecule has 2 aliphatic heterocycles. The van der Waals surface area contributed by atoms with E-state index in [1.165, 1.54) is 54.6 Å². The van der Waals surface area contributed by atoms with Crippen LogP contribution in [0.15, 0.2) is 276 Å². The van der Waals surface area contributed by atoms with Gasteiger partial charge in [-0.3, -0.25) is 14.5 Å². The first kappa shape index (κ1) is 74.5. The average molecular weight is 1510 g/mol. The van der Waals surface area contributed by atoms with Gasteiger partial charge in [-0.05, 0) is 69.3 Å². The summed E-state index contributed by atoms with van der Waals surface area (Å²) < 4.78 is 53.4. The Balaban J connectivity index is 0.926. The van der Waals surface area contributed by atoms with Crippen LogP contribution in [-0.2, 0) is 58.0 Å². The molecule has 1 unspecified atom stereocenters. The molecule has 0 aliphatic carbocycles. The van der Waals surface area contributed by atoms with Gasteiger partial charge in [0.25, 0.3) is 11.8 Å². The first-order valence-corrected chi connectivity index (χ1v) is 36.6. The number of thioether (sulfide) groups is 1. The van der Waals surface area contributed by atoms with Crippen molar-refractivity contribution in [1.82, 2.24) is 20.2 Å². The minimum absolute atomic E-state index is 0.0754. The van der Waals surface area contributed by atoms with Crippen LogP contribution in [0, 0.1) is 0 Å². The van der Waals surface area contributed by atoms with Crippen LogP contribution in [0.3, 0.4) is 0 Å². The maximum atomic E-state index is 16.2. The molecule has 13 rings (SSSR count). The number of thiocarbonyl (C=S) groups is 1. The van der Waals surface area contributed by atoms with Crippen LogP contribution in [-0.4, -0.2) is 131 Å². The summed E-state index contributed by atoms with van der Waals surface area (Å²) in [5.74, 6) is -4.36. The van der Waals surface area contributed by atoms with Gasteiger partial charge in [0, 0.05) is 41.8 Å². The molecule has 0 radical (unpaired) electrons. The number of esters is 2. The molecular formula is C83H72N6O16S3. The average Bonchev–Trinajstić information content (AvgIpc) is 0.796. The lowest BCUT2D eigenvalue weighted by Crippen LogP contribution is -2.80. The summed E-state index contributed by atoms with van der Waals surface area (Å²) in [6.45, 7) is 0.446. The van der Waals surface area contributed by atoms with Gasteiger partial charge < -0.3 is 68.0 Å². The van der Waals surface area contributed by atoms with Crippen LogP contribution < -0.4 is 20.1 Å². The number of aromatic nitrogens is 2. The number of rotatable bonds is 34. The van der Waals surface area contributed by atoms with E-state index in [0.717, 1.165) is 45.2 Å². The number of ether oxygens (including phenoxy) is 8. The summed E-state index contributed by atoms with van der Waals surface area (Å²) in [5, 5.41) is 33.8. The molecule has 1 saturated heterocycles. The van der Waals surface area contributed by atoms with Crippen molar-refractivity contribution in [2.45, 2.75) is 34.8 Å². The summed E-state index contributed by atoms with van der Waals surface area (Å²) in [5.41, 5.74) is 1.48. The molecule has 4 N–H and O–H groups in total. The largest absolute Gasteiger partial charge is 0.504 e. The number of anilines is 1. The van der Waals surface area contributed by atoms with Crippen LogP contribution in [0.1, 0.15) is 74.4 Å². The maximum absolute atomic E-state index is 16.2. The Kier molecular flexibility index (Phi) is 24.2. The number of hydrogen-bond donors (Lipinski definition) is 4. The first-order chi connectivity index (χ1) is 52.9. The monoisotopic (exact) mass is 1500 g/mol. The van der Waals surface area contributed by atoms with Crippen LogP contribution in [0.2, 0.25) is 0 Å². The highest BCUT2D eigenvalue weighted by molar-refractivity contribution is 8.00. The third kappa shape index (κ3) is 16.4. The summed E-state index contributed by atoms with van der Waals surface area (Å²) in [7, 11) is 3.08. The number of phenols is 2. The molecule has 9 aromatic carbocycles. The Hall–Kier alpha value is -11.8. The highest BCUT2D eigenvalue weighted by Gasteiger charge is 2.65.